The van der Waals surface area contributed by atoms with Crippen LogP contribution in [0.1, 0.15) is 27.2 Å². The summed E-state index contributed by atoms with van der Waals surface area (Å²) in [6.45, 7) is 7.06. The summed E-state index contributed by atoms with van der Waals surface area (Å²) in [5, 5.41) is 0. The Morgan fingerprint density at radius 1 is 1.38 bits per heavy atom. The summed E-state index contributed by atoms with van der Waals surface area (Å²) in [6.07, 6.45) is 4.33. The molecule has 1 nitrogen and oxygen atoms in total. The molecule has 2 atom stereocenters. The molecule has 0 aromatic heterocycles. The fourth-order valence-electron chi connectivity index (χ4n) is 1.59. The van der Waals surface area contributed by atoms with Crippen molar-refractivity contribution < 1.29 is 4.39 Å². The van der Waals surface area contributed by atoms with Crippen molar-refractivity contribution in [1.29, 1.82) is 0 Å². The van der Waals surface area contributed by atoms with Crippen molar-refractivity contribution in [1.82, 2.24) is 4.90 Å². The Kier molecular flexibility index (Phi) is 3.12. The number of allylic oxidation sites excluding steroid dienone is 1. The second kappa shape index (κ2) is 3.79. The first-order chi connectivity index (χ1) is 5.88. The lowest BCUT2D eigenvalue weighted by Crippen LogP contribution is -2.23. The second-order valence-corrected chi connectivity index (χ2v) is 5.07. The van der Waals surface area contributed by atoms with Gasteiger partial charge in [0, 0.05) is 12.6 Å². The van der Waals surface area contributed by atoms with Gasteiger partial charge in [-0.1, -0.05) is 32.9 Å². The monoisotopic (exact) mass is 185 g/mol. The molecule has 13 heavy (non-hydrogen) atoms. The van der Waals surface area contributed by atoms with Crippen molar-refractivity contribution in [3.63, 3.8) is 0 Å². The molecule has 0 spiro atoms. The summed E-state index contributed by atoms with van der Waals surface area (Å²) >= 11 is 0. The first-order valence-electron chi connectivity index (χ1n) is 4.92. The fraction of sp³-hybridized carbons (Fsp3) is 0.818. The smallest absolute Gasteiger partial charge is 0.115 e. The zero-order valence-electron chi connectivity index (χ0n) is 9.05. The lowest BCUT2D eigenvalue weighted by Gasteiger charge is -2.17. The molecule has 1 fully saturated rings. The van der Waals surface area contributed by atoms with Crippen molar-refractivity contribution >= 4 is 0 Å². The van der Waals surface area contributed by atoms with Gasteiger partial charge in [-0.3, -0.25) is 4.90 Å². The molecular formula is C11H20FN. The summed E-state index contributed by atoms with van der Waals surface area (Å²) in [6, 6.07) is 0.300. The summed E-state index contributed by atoms with van der Waals surface area (Å²) in [7, 11) is 1.98. The van der Waals surface area contributed by atoms with Crippen molar-refractivity contribution in [2.24, 2.45) is 5.41 Å². The maximum Gasteiger partial charge on any atom is 0.115 e. The van der Waals surface area contributed by atoms with E-state index in [9.17, 15) is 4.39 Å². The zero-order chi connectivity index (χ0) is 10.1. The Bertz CT molecular complexity index is 193. The van der Waals surface area contributed by atoms with Crippen LogP contribution in [0.25, 0.3) is 0 Å². The van der Waals surface area contributed by atoms with Crippen LogP contribution in [0, 0.1) is 5.41 Å². The van der Waals surface area contributed by atoms with Gasteiger partial charge >= 0.3 is 0 Å². The molecule has 0 aromatic rings. The first-order valence-corrected chi connectivity index (χ1v) is 4.92. The van der Waals surface area contributed by atoms with Gasteiger partial charge in [0.05, 0.1) is 0 Å². The molecule has 76 valence electrons. The SMILES string of the molecule is CN1C[C@@H](F)CC1/C=C/C(C)(C)C. The second-order valence-electron chi connectivity index (χ2n) is 5.07. The van der Waals surface area contributed by atoms with Gasteiger partial charge < -0.3 is 0 Å². The summed E-state index contributed by atoms with van der Waals surface area (Å²) in [5.74, 6) is 0. The lowest BCUT2D eigenvalue weighted by atomic mass is 9.95. The molecule has 0 N–H and O–H groups in total. The van der Waals surface area contributed by atoms with Crippen molar-refractivity contribution in [3.05, 3.63) is 12.2 Å². The topological polar surface area (TPSA) is 3.24 Å². The lowest BCUT2D eigenvalue weighted by molar-refractivity contribution is 0.311. The minimum absolute atomic E-state index is 0.204. The Morgan fingerprint density at radius 2 is 2.00 bits per heavy atom. The van der Waals surface area contributed by atoms with Gasteiger partial charge in [-0.05, 0) is 18.9 Å². The predicted octanol–water partition coefficient (Wildman–Crippen LogP) is 2.63. The molecule has 2 heteroatoms. The van der Waals surface area contributed by atoms with Crippen LogP contribution in [0.5, 0.6) is 0 Å². The molecule has 1 aliphatic heterocycles. The normalized spacial score (nSPS) is 31.8. The molecule has 0 saturated carbocycles. The van der Waals surface area contributed by atoms with E-state index in [0.29, 0.717) is 19.0 Å². The maximum atomic E-state index is 13.0. The van der Waals surface area contributed by atoms with Crippen LogP contribution in [0.15, 0.2) is 12.2 Å². The maximum absolute atomic E-state index is 13.0. The van der Waals surface area contributed by atoms with E-state index in [1.54, 1.807) is 0 Å². The average Bonchev–Trinajstić information content (AvgIpc) is 2.24. The minimum atomic E-state index is -0.639. The molecular weight excluding hydrogens is 165 g/mol. The molecule has 0 aromatic carbocycles. The van der Waals surface area contributed by atoms with Gasteiger partial charge in [-0.25, -0.2) is 4.39 Å². The highest BCUT2D eigenvalue weighted by Gasteiger charge is 2.27. The molecule has 0 radical (unpaired) electrons. The largest absolute Gasteiger partial charge is 0.297 e. The molecule has 1 rings (SSSR count). The van der Waals surface area contributed by atoms with Crippen LogP contribution in [-0.4, -0.2) is 30.7 Å². The van der Waals surface area contributed by atoms with Crippen molar-refractivity contribution in [2.45, 2.75) is 39.4 Å². The zero-order valence-corrected chi connectivity index (χ0v) is 9.05. The Morgan fingerprint density at radius 3 is 2.38 bits per heavy atom. The number of rotatable bonds is 1. The minimum Gasteiger partial charge on any atom is -0.297 e. The van der Waals surface area contributed by atoms with E-state index < -0.39 is 6.17 Å². The number of hydrogen-bond donors (Lipinski definition) is 0. The average molecular weight is 185 g/mol. The van der Waals surface area contributed by atoms with E-state index in [4.69, 9.17) is 0 Å². The third kappa shape index (κ3) is 3.47. The van der Waals surface area contributed by atoms with E-state index in [1.165, 1.54) is 0 Å². The molecule has 0 amide bonds. The van der Waals surface area contributed by atoms with Crippen LogP contribution in [0.2, 0.25) is 0 Å². The van der Waals surface area contributed by atoms with E-state index in [0.717, 1.165) is 0 Å². The number of alkyl halides is 1. The third-order valence-electron chi connectivity index (χ3n) is 2.37. The van der Waals surface area contributed by atoms with Crippen molar-refractivity contribution in [3.8, 4) is 0 Å². The van der Waals surface area contributed by atoms with Crippen LogP contribution in [0.3, 0.4) is 0 Å². The summed E-state index contributed by atoms with van der Waals surface area (Å²) in [5.41, 5.74) is 0.204. The highest BCUT2D eigenvalue weighted by molar-refractivity contribution is 5.03. The fourth-order valence-corrected chi connectivity index (χ4v) is 1.59. The Balaban J connectivity index is 2.50. The molecule has 0 bridgehead atoms. The predicted molar refractivity (Wildman–Crippen MR) is 54.5 cm³/mol. The van der Waals surface area contributed by atoms with Gasteiger partial charge in [0.1, 0.15) is 6.17 Å². The number of nitrogens with zero attached hydrogens (tertiary/aromatic N) is 1. The molecule has 1 unspecified atom stereocenters. The summed E-state index contributed by atoms with van der Waals surface area (Å²) < 4.78 is 13.0. The van der Waals surface area contributed by atoms with Gasteiger partial charge in [0.25, 0.3) is 0 Å². The number of likely N-dealkylation sites (N-methyl/N-ethyl adjacent to an activating group) is 1. The first kappa shape index (κ1) is 10.7. The van der Waals surface area contributed by atoms with Gasteiger partial charge in [-0.15, -0.1) is 0 Å². The highest BCUT2D eigenvalue weighted by atomic mass is 19.1. The Hall–Kier alpha value is -0.370. The van der Waals surface area contributed by atoms with Gasteiger partial charge in [0.2, 0.25) is 0 Å². The highest BCUT2D eigenvalue weighted by Crippen LogP contribution is 2.22. The van der Waals surface area contributed by atoms with Crippen LogP contribution in [0.4, 0.5) is 4.39 Å². The Labute approximate surface area is 80.6 Å². The van der Waals surface area contributed by atoms with Crippen LogP contribution < -0.4 is 0 Å². The summed E-state index contributed by atoms with van der Waals surface area (Å²) in [4.78, 5) is 2.08. The standard InChI is InChI=1S/C11H20FN/c1-11(2,3)6-5-10-7-9(12)8-13(10)4/h5-6,9-10H,7-8H2,1-4H3/b6-5+/t9-,10?/m0/s1. The van der Waals surface area contributed by atoms with Crippen LogP contribution >= 0.6 is 0 Å². The number of hydrogen-bond acceptors (Lipinski definition) is 1. The quantitative estimate of drug-likeness (QED) is 0.568. The third-order valence-corrected chi connectivity index (χ3v) is 2.37. The molecule has 1 saturated heterocycles. The number of halogens is 1. The van der Waals surface area contributed by atoms with Crippen molar-refractivity contribution in [2.75, 3.05) is 13.6 Å². The van der Waals surface area contributed by atoms with E-state index >= 15 is 0 Å². The van der Waals surface area contributed by atoms with Gasteiger partial charge in [-0.2, -0.15) is 0 Å². The molecule has 1 heterocycles. The molecule has 0 aliphatic carbocycles. The number of likely N-dealkylation sites (tertiary alicyclic amines) is 1. The molecule has 1 aliphatic rings. The van der Waals surface area contributed by atoms with E-state index in [2.05, 4.69) is 37.8 Å². The van der Waals surface area contributed by atoms with Crippen LogP contribution in [-0.2, 0) is 0 Å². The van der Waals surface area contributed by atoms with E-state index in [-0.39, 0.29) is 5.41 Å². The van der Waals surface area contributed by atoms with E-state index in [1.807, 2.05) is 7.05 Å². The van der Waals surface area contributed by atoms with Gasteiger partial charge in [0.15, 0.2) is 0 Å².